The Balaban J connectivity index is 1.56. The van der Waals surface area contributed by atoms with Gasteiger partial charge in [-0.1, -0.05) is 11.6 Å². The lowest BCUT2D eigenvalue weighted by molar-refractivity contribution is -0.383. The van der Waals surface area contributed by atoms with E-state index in [9.17, 15) is 32.9 Å². The molecule has 14 heteroatoms. The number of non-ortho nitro benzene ring substituents is 1. The molecule has 0 bridgehead atoms. The summed E-state index contributed by atoms with van der Waals surface area (Å²) in [5.41, 5.74) is -1.75. The summed E-state index contributed by atoms with van der Waals surface area (Å²) < 4.78 is 38.4. The summed E-state index contributed by atoms with van der Waals surface area (Å²) in [5.74, 6) is 0. The fourth-order valence-electron chi connectivity index (χ4n) is 2.94. The van der Waals surface area contributed by atoms with Crippen molar-refractivity contribution in [1.82, 2.24) is 15.3 Å². The summed E-state index contributed by atoms with van der Waals surface area (Å²) in [6.45, 7) is 0.404. The summed E-state index contributed by atoms with van der Waals surface area (Å²) in [6, 6.07) is 4.43. The van der Waals surface area contributed by atoms with Crippen molar-refractivity contribution in [3.8, 4) is 0 Å². The molecule has 0 aliphatic heterocycles. The fourth-order valence-corrected chi connectivity index (χ4v) is 3.11. The number of nitrogens with one attached hydrogen (secondary N) is 4. The Morgan fingerprint density at radius 1 is 1.18 bits per heavy atom. The lowest BCUT2D eigenvalue weighted by Crippen LogP contribution is -2.30. The Bertz CT molecular complexity index is 1260. The van der Waals surface area contributed by atoms with Crippen LogP contribution in [-0.2, 0) is 6.18 Å². The Labute approximate surface area is 188 Å². The summed E-state index contributed by atoms with van der Waals surface area (Å²) in [7, 11) is 0. The van der Waals surface area contributed by atoms with Gasteiger partial charge in [0, 0.05) is 24.8 Å². The van der Waals surface area contributed by atoms with Gasteiger partial charge in [-0.15, -0.1) is 0 Å². The van der Waals surface area contributed by atoms with Crippen molar-refractivity contribution in [3.63, 3.8) is 0 Å². The van der Waals surface area contributed by atoms with E-state index in [1.807, 2.05) is 0 Å². The molecule has 3 rings (SSSR count). The van der Waals surface area contributed by atoms with Crippen LogP contribution in [0.3, 0.4) is 0 Å². The number of carbonyl (C=O) groups is 1. The van der Waals surface area contributed by atoms with Crippen molar-refractivity contribution in [2.75, 3.05) is 23.7 Å². The van der Waals surface area contributed by atoms with E-state index in [1.54, 1.807) is 0 Å². The number of nitrogens with zero attached hydrogens (tertiary/aromatic N) is 2. The SMILES string of the molecule is O=C(NCCCNc1ccc([N+](=O)[O-])c2nc[nH]c(=O)c12)Nc1cc(C(F)(F)F)ccc1Cl. The molecule has 4 N–H and O–H groups in total. The summed E-state index contributed by atoms with van der Waals surface area (Å²) in [5, 5.41) is 18.8. The van der Waals surface area contributed by atoms with E-state index in [1.165, 1.54) is 12.1 Å². The first-order valence-electron chi connectivity index (χ1n) is 9.38. The summed E-state index contributed by atoms with van der Waals surface area (Å²) in [6.07, 6.45) is -3.15. The van der Waals surface area contributed by atoms with Crippen molar-refractivity contribution in [2.24, 2.45) is 0 Å². The number of hydrogen-bond donors (Lipinski definition) is 4. The molecule has 0 aliphatic rings. The quantitative estimate of drug-likeness (QED) is 0.226. The average Bonchev–Trinajstić information content (AvgIpc) is 2.74. The number of anilines is 2. The molecule has 0 aliphatic carbocycles. The van der Waals surface area contributed by atoms with Crippen LogP contribution in [0.5, 0.6) is 0 Å². The predicted octanol–water partition coefficient (Wildman–Crippen LogP) is 4.13. The van der Waals surface area contributed by atoms with Gasteiger partial charge in [0.15, 0.2) is 5.52 Å². The molecular formula is C19H16ClF3N6O4. The maximum absolute atomic E-state index is 12.8. The van der Waals surface area contributed by atoms with Gasteiger partial charge in [0.1, 0.15) is 0 Å². The zero-order valence-electron chi connectivity index (χ0n) is 16.6. The van der Waals surface area contributed by atoms with Crippen LogP contribution < -0.4 is 21.5 Å². The summed E-state index contributed by atoms with van der Waals surface area (Å²) >= 11 is 5.84. The molecule has 0 fully saturated rings. The van der Waals surface area contributed by atoms with Crippen LogP contribution in [-0.4, -0.2) is 34.0 Å². The number of amides is 2. The lowest BCUT2D eigenvalue weighted by Gasteiger charge is -2.13. The van der Waals surface area contributed by atoms with E-state index in [0.717, 1.165) is 24.5 Å². The van der Waals surface area contributed by atoms with Crippen LogP contribution >= 0.6 is 11.6 Å². The Kier molecular flexibility index (Phi) is 7.01. The van der Waals surface area contributed by atoms with Crippen molar-refractivity contribution in [3.05, 3.63) is 67.7 Å². The molecule has 0 saturated carbocycles. The van der Waals surface area contributed by atoms with Crippen molar-refractivity contribution < 1.29 is 22.9 Å². The number of rotatable bonds is 7. The van der Waals surface area contributed by atoms with Gasteiger partial charge < -0.3 is 20.9 Å². The van der Waals surface area contributed by atoms with Crippen molar-refractivity contribution in [1.29, 1.82) is 0 Å². The van der Waals surface area contributed by atoms with Gasteiger partial charge in [0.05, 0.1) is 32.9 Å². The number of hydrogen-bond acceptors (Lipinski definition) is 6. The number of aromatic nitrogens is 2. The second kappa shape index (κ2) is 9.73. The van der Waals surface area contributed by atoms with E-state index in [4.69, 9.17) is 11.6 Å². The van der Waals surface area contributed by atoms with Crippen LogP contribution in [0.1, 0.15) is 12.0 Å². The van der Waals surface area contributed by atoms with E-state index >= 15 is 0 Å². The number of H-pyrrole nitrogens is 1. The first kappa shape index (κ1) is 23.8. The van der Waals surface area contributed by atoms with Gasteiger partial charge in [-0.25, -0.2) is 9.78 Å². The van der Waals surface area contributed by atoms with Gasteiger partial charge in [0.25, 0.3) is 11.2 Å². The van der Waals surface area contributed by atoms with Gasteiger partial charge in [0.2, 0.25) is 0 Å². The highest BCUT2D eigenvalue weighted by Gasteiger charge is 2.31. The Morgan fingerprint density at radius 3 is 2.64 bits per heavy atom. The molecule has 10 nitrogen and oxygen atoms in total. The maximum Gasteiger partial charge on any atom is 0.416 e. The third-order valence-corrected chi connectivity index (χ3v) is 4.80. The molecule has 0 atom stereocenters. The number of carbonyl (C=O) groups excluding carboxylic acids is 1. The number of benzene rings is 2. The third-order valence-electron chi connectivity index (χ3n) is 4.47. The second-order valence-corrected chi connectivity index (χ2v) is 7.11. The normalized spacial score (nSPS) is 11.3. The highest BCUT2D eigenvalue weighted by molar-refractivity contribution is 6.33. The summed E-state index contributed by atoms with van der Waals surface area (Å²) in [4.78, 5) is 40.9. The molecule has 1 aromatic heterocycles. The van der Waals surface area contributed by atoms with Gasteiger partial charge >= 0.3 is 12.2 Å². The molecule has 2 aromatic carbocycles. The Morgan fingerprint density at radius 2 is 1.94 bits per heavy atom. The molecule has 1 heterocycles. The van der Waals surface area contributed by atoms with E-state index in [-0.39, 0.29) is 40.4 Å². The average molecular weight is 485 g/mol. The van der Waals surface area contributed by atoms with E-state index in [0.29, 0.717) is 12.1 Å². The fraction of sp³-hybridized carbons (Fsp3) is 0.211. The van der Waals surface area contributed by atoms with Gasteiger partial charge in [-0.3, -0.25) is 14.9 Å². The molecule has 0 unspecified atom stereocenters. The third kappa shape index (κ3) is 5.68. The van der Waals surface area contributed by atoms with Crippen molar-refractivity contribution >= 4 is 45.6 Å². The molecule has 3 aromatic rings. The molecular weight excluding hydrogens is 469 g/mol. The molecule has 0 radical (unpaired) electrons. The highest BCUT2D eigenvalue weighted by Crippen LogP contribution is 2.33. The second-order valence-electron chi connectivity index (χ2n) is 6.70. The smallest absolute Gasteiger partial charge is 0.384 e. The van der Waals surface area contributed by atoms with Crippen LogP contribution in [0.25, 0.3) is 10.9 Å². The largest absolute Gasteiger partial charge is 0.416 e. The maximum atomic E-state index is 12.8. The first-order chi connectivity index (χ1) is 15.6. The molecule has 33 heavy (non-hydrogen) atoms. The number of nitro benzene ring substituents is 1. The standard InChI is InChI=1S/C19H16ClF3N6O4/c20-11-3-2-10(19(21,22)23)8-13(11)28-18(31)25-7-1-6-24-12-4-5-14(29(32)33)16-15(12)17(30)27-9-26-16/h2-5,8-9,24H,1,6-7H2,(H2,25,28,31)(H,26,27,30). The van der Waals surface area contributed by atoms with Crippen LogP contribution in [0, 0.1) is 10.1 Å². The number of alkyl halides is 3. The number of aromatic amines is 1. The minimum atomic E-state index is -4.58. The van der Waals surface area contributed by atoms with Crippen LogP contribution in [0.4, 0.5) is 35.0 Å². The number of urea groups is 1. The minimum Gasteiger partial charge on any atom is -0.384 e. The zero-order chi connectivity index (χ0) is 24.2. The van der Waals surface area contributed by atoms with Crippen LogP contribution in [0.15, 0.2) is 41.5 Å². The predicted molar refractivity (Wildman–Crippen MR) is 116 cm³/mol. The first-order valence-corrected chi connectivity index (χ1v) is 9.76. The highest BCUT2D eigenvalue weighted by atomic mass is 35.5. The topological polar surface area (TPSA) is 142 Å². The number of nitro groups is 1. The van der Waals surface area contributed by atoms with E-state index < -0.39 is 28.3 Å². The monoisotopic (exact) mass is 484 g/mol. The zero-order valence-corrected chi connectivity index (χ0v) is 17.4. The number of halogens is 4. The van der Waals surface area contributed by atoms with Gasteiger partial charge in [-0.05, 0) is 30.7 Å². The molecule has 2 amide bonds. The van der Waals surface area contributed by atoms with E-state index in [2.05, 4.69) is 25.9 Å². The number of fused-ring (bicyclic) bond motifs is 1. The molecule has 0 saturated heterocycles. The van der Waals surface area contributed by atoms with Gasteiger partial charge in [-0.2, -0.15) is 13.2 Å². The van der Waals surface area contributed by atoms with Crippen LogP contribution in [0.2, 0.25) is 5.02 Å². The van der Waals surface area contributed by atoms with Crippen molar-refractivity contribution in [2.45, 2.75) is 12.6 Å². The molecule has 174 valence electrons. The minimum absolute atomic E-state index is 0.0246. The Hall–Kier alpha value is -3.87. The lowest BCUT2D eigenvalue weighted by atomic mass is 10.1. The molecule has 0 spiro atoms.